The molecule has 0 unspecified atom stereocenters. The molecule has 0 saturated carbocycles. The van der Waals surface area contributed by atoms with Crippen LogP contribution in [0.5, 0.6) is 0 Å². The number of carbonyl (C=O) groups is 1. The van der Waals surface area contributed by atoms with Crippen LogP contribution < -0.4 is 10.6 Å². The maximum atomic E-state index is 12.7. The molecule has 0 aliphatic rings. The van der Waals surface area contributed by atoms with E-state index in [1.165, 1.54) is 6.33 Å². The first-order valence-electron chi connectivity index (χ1n) is 8.60. The monoisotopic (exact) mass is 357 g/mol. The molecule has 0 bridgehead atoms. The van der Waals surface area contributed by atoms with E-state index in [1.807, 2.05) is 38.1 Å². The van der Waals surface area contributed by atoms with Gasteiger partial charge < -0.3 is 10.6 Å². The van der Waals surface area contributed by atoms with Crippen LogP contribution in [0.2, 0.25) is 0 Å². The molecule has 1 amide bonds. The molecule has 2 aromatic carbocycles. The highest BCUT2D eigenvalue weighted by Crippen LogP contribution is 2.22. The lowest BCUT2D eigenvalue weighted by Gasteiger charge is -2.13. The number of hydrogen-bond acceptors (Lipinski definition) is 5. The lowest BCUT2D eigenvalue weighted by molar-refractivity contribution is 0.102. The minimum Gasteiger partial charge on any atom is -0.339 e. The van der Waals surface area contributed by atoms with Gasteiger partial charge in [-0.3, -0.25) is 4.79 Å². The number of nitrogens with zero attached hydrogens (tertiary/aromatic N) is 3. The van der Waals surface area contributed by atoms with Gasteiger partial charge in [-0.2, -0.15) is 5.26 Å². The Kier molecular flexibility index (Phi) is 5.43. The predicted octanol–water partition coefficient (Wildman–Crippen LogP) is 4.22. The largest absolute Gasteiger partial charge is 0.339 e. The van der Waals surface area contributed by atoms with Crippen LogP contribution in [-0.2, 0) is 6.42 Å². The Bertz CT molecular complexity index is 1020. The molecule has 0 fully saturated rings. The van der Waals surface area contributed by atoms with Crippen molar-refractivity contribution in [3.8, 4) is 6.07 Å². The minimum atomic E-state index is -0.307. The van der Waals surface area contributed by atoms with Gasteiger partial charge in [-0.15, -0.1) is 0 Å². The van der Waals surface area contributed by atoms with E-state index in [0.29, 0.717) is 17.1 Å². The Morgan fingerprint density at radius 3 is 2.74 bits per heavy atom. The summed E-state index contributed by atoms with van der Waals surface area (Å²) in [6.07, 6.45) is 2.14. The van der Waals surface area contributed by atoms with Crippen molar-refractivity contribution in [2.75, 3.05) is 10.6 Å². The van der Waals surface area contributed by atoms with Gasteiger partial charge in [0.05, 0.1) is 11.3 Å². The first-order valence-corrected chi connectivity index (χ1v) is 8.60. The number of aromatic nitrogens is 2. The second kappa shape index (κ2) is 8.11. The third kappa shape index (κ3) is 4.10. The zero-order valence-electron chi connectivity index (χ0n) is 15.2. The highest BCUT2D eigenvalue weighted by molar-refractivity contribution is 6.04. The fourth-order valence-electron chi connectivity index (χ4n) is 2.76. The number of amides is 1. The zero-order chi connectivity index (χ0) is 19.2. The first-order chi connectivity index (χ1) is 13.1. The Hall–Kier alpha value is -3.72. The normalized spacial score (nSPS) is 10.1. The van der Waals surface area contributed by atoms with Crippen molar-refractivity contribution in [2.45, 2.75) is 20.3 Å². The SMILES string of the molecule is CCc1cccc(C)c1NC(=O)c1cc(Nc2ccccc2C#N)ncn1. The molecule has 0 aliphatic carbocycles. The van der Waals surface area contributed by atoms with Crippen molar-refractivity contribution in [3.05, 3.63) is 77.2 Å². The summed E-state index contributed by atoms with van der Waals surface area (Å²) in [5, 5.41) is 15.2. The van der Waals surface area contributed by atoms with Gasteiger partial charge in [-0.05, 0) is 36.6 Å². The molecule has 1 heterocycles. The van der Waals surface area contributed by atoms with Crippen LogP contribution in [0.1, 0.15) is 34.1 Å². The molecule has 0 radical (unpaired) electrons. The fourth-order valence-corrected chi connectivity index (χ4v) is 2.76. The van der Waals surface area contributed by atoms with E-state index < -0.39 is 0 Å². The third-order valence-corrected chi connectivity index (χ3v) is 4.19. The summed E-state index contributed by atoms with van der Waals surface area (Å²) >= 11 is 0. The maximum Gasteiger partial charge on any atom is 0.274 e. The highest BCUT2D eigenvalue weighted by atomic mass is 16.1. The van der Waals surface area contributed by atoms with E-state index >= 15 is 0 Å². The van der Waals surface area contributed by atoms with Crippen LogP contribution in [0, 0.1) is 18.3 Å². The van der Waals surface area contributed by atoms with Crippen molar-refractivity contribution < 1.29 is 4.79 Å². The Morgan fingerprint density at radius 2 is 1.96 bits per heavy atom. The number of nitriles is 1. The molecule has 27 heavy (non-hydrogen) atoms. The van der Waals surface area contributed by atoms with E-state index in [2.05, 4.69) is 26.7 Å². The molecule has 3 aromatic rings. The average Bonchev–Trinajstić information content (AvgIpc) is 2.70. The minimum absolute atomic E-state index is 0.243. The van der Waals surface area contributed by atoms with Gasteiger partial charge in [0.15, 0.2) is 0 Å². The second-order valence-corrected chi connectivity index (χ2v) is 5.99. The van der Waals surface area contributed by atoms with Crippen LogP contribution >= 0.6 is 0 Å². The molecular formula is C21H19N5O. The van der Waals surface area contributed by atoms with Gasteiger partial charge in [0.1, 0.15) is 23.9 Å². The quantitative estimate of drug-likeness (QED) is 0.713. The summed E-state index contributed by atoms with van der Waals surface area (Å²) in [6, 6.07) is 16.7. The number of aryl methyl sites for hydroxylation is 2. The number of hydrogen-bond donors (Lipinski definition) is 2. The summed E-state index contributed by atoms with van der Waals surface area (Å²) in [5.74, 6) is 0.136. The van der Waals surface area contributed by atoms with Gasteiger partial charge in [-0.25, -0.2) is 9.97 Å². The van der Waals surface area contributed by atoms with Crippen molar-refractivity contribution in [2.24, 2.45) is 0 Å². The van der Waals surface area contributed by atoms with Crippen molar-refractivity contribution >= 4 is 23.1 Å². The molecule has 0 atom stereocenters. The number of nitrogens with one attached hydrogen (secondary N) is 2. The van der Waals surface area contributed by atoms with E-state index in [4.69, 9.17) is 0 Å². The summed E-state index contributed by atoms with van der Waals surface area (Å²) in [7, 11) is 0. The van der Waals surface area contributed by atoms with Gasteiger partial charge in [0.25, 0.3) is 5.91 Å². The summed E-state index contributed by atoms with van der Waals surface area (Å²) in [4.78, 5) is 20.9. The van der Waals surface area contributed by atoms with Crippen molar-refractivity contribution in [1.29, 1.82) is 5.26 Å². The van der Waals surface area contributed by atoms with Crippen molar-refractivity contribution in [3.63, 3.8) is 0 Å². The van der Waals surface area contributed by atoms with E-state index in [1.54, 1.807) is 24.3 Å². The smallest absolute Gasteiger partial charge is 0.274 e. The molecule has 0 aliphatic heterocycles. The van der Waals surface area contributed by atoms with E-state index in [9.17, 15) is 10.1 Å². The summed E-state index contributed by atoms with van der Waals surface area (Å²) in [5.41, 5.74) is 4.24. The van der Waals surface area contributed by atoms with Crippen LogP contribution in [0.25, 0.3) is 0 Å². The van der Waals surface area contributed by atoms with E-state index in [0.717, 1.165) is 23.2 Å². The summed E-state index contributed by atoms with van der Waals surface area (Å²) < 4.78 is 0. The van der Waals surface area contributed by atoms with Crippen molar-refractivity contribution in [1.82, 2.24) is 9.97 Å². The Labute approximate surface area is 157 Å². The first kappa shape index (κ1) is 18.1. The standard InChI is InChI=1S/C21H19N5O/c1-3-15-9-6-7-14(2)20(15)26-21(27)18-11-19(24-13-23-18)25-17-10-5-4-8-16(17)12-22/h4-11,13H,3H2,1-2H3,(H,26,27)(H,23,24,25). The number of carbonyl (C=O) groups excluding carboxylic acids is 1. The number of anilines is 3. The maximum absolute atomic E-state index is 12.7. The van der Waals surface area contributed by atoms with E-state index in [-0.39, 0.29) is 11.6 Å². The topological polar surface area (TPSA) is 90.7 Å². The van der Waals surface area contributed by atoms with Crippen LogP contribution in [0.4, 0.5) is 17.2 Å². The average molecular weight is 357 g/mol. The van der Waals surface area contributed by atoms with Crippen LogP contribution in [0.15, 0.2) is 54.9 Å². The van der Waals surface area contributed by atoms with Crippen LogP contribution in [-0.4, -0.2) is 15.9 Å². The number of benzene rings is 2. The van der Waals surface area contributed by atoms with Crippen LogP contribution in [0.3, 0.4) is 0 Å². The molecule has 1 aromatic heterocycles. The molecule has 6 nitrogen and oxygen atoms in total. The number of rotatable bonds is 5. The third-order valence-electron chi connectivity index (χ3n) is 4.19. The zero-order valence-corrected chi connectivity index (χ0v) is 15.2. The molecule has 6 heteroatoms. The van der Waals surface area contributed by atoms with Gasteiger partial charge in [0.2, 0.25) is 0 Å². The number of para-hydroxylation sites is 2. The lowest BCUT2D eigenvalue weighted by Crippen LogP contribution is -2.16. The second-order valence-electron chi connectivity index (χ2n) is 5.99. The molecule has 3 rings (SSSR count). The Balaban J connectivity index is 1.84. The van der Waals surface area contributed by atoms with Gasteiger partial charge in [-0.1, -0.05) is 37.3 Å². The predicted molar refractivity (Wildman–Crippen MR) is 105 cm³/mol. The lowest BCUT2D eigenvalue weighted by atomic mass is 10.1. The molecular weight excluding hydrogens is 338 g/mol. The molecule has 0 spiro atoms. The highest BCUT2D eigenvalue weighted by Gasteiger charge is 2.13. The molecule has 2 N–H and O–H groups in total. The van der Waals surface area contributed by atoms with Gasteiger partial charge >= 0.3 is 0 Å². The molecule has 134 valence electrons. The van der Waals surface area contributed by atoms with Gasteiger partial charge in [0, 0.05) is 11.8 Å². The molecule has 0 saturated heterocycles. The Morgan fingerprint density at radius 1 is 1.15 bits per heavy atom. The fraction of sp³-hybridized carbons (Fsp3) is 0.143. The summed E-state index contributed by atoms with van der Waals surface area (Å²) in [6.45, 7) is 4.00.